The van der Waals surface area contributed by atoms with Crippen LogP contribution in [-0.2, 0) is 4.79 Å². The van der Waals surface area contributed by atoms with Crippen LogP contribution in [0.5, 0.6) is 5.75 Å². The van der Waals surface area contributed by atoms with Crippen LogP contribution in [0, 0.1) is 6.92 Å². The van der Waals surface area contributed by atoms with Gasteiger partial charge in [-0.05, 0) is 36.1 Å². The van der Waals surface area contributed by atoms with Gasteiger partial charge in [-0.2, -0.15) is 0 Å². The minimum Gasteiger partial charge on any atom is -0.426 e. The Morgan fingerprint density at radius 2 is 2.13 bits per heavy atom. The molecule has 0 aromatic heterocycles. The lowest BCUT2D eigenvalue weighted by molar-refractivity contribution is -0.131. The largest absolute Gasteiger partial charge is 0.426 e. The number of aryl methyl sites for hydroxylation is 1. The van der Waals surface area contributed by atoms with Crippen LogP contribution >= 0.6 is 11.6 Å². The van der Waals surface area contributed by atoms with Gasteiger partial charge in [-0.3, -0.25) is 4.79 Å². The topological polar surface area (TPSA) is 26.3 Å². The fourth-order valence-corrected chi connectivity index (χ4v) is 1.57. The molecule has 0 saturated heterocycles. The van der Waals surface area contributed by atoms with E-state index in [0.29, 0.717) is 11.7 Å². The summed E-state index contributed by atoms with van der Waals surface area (Å²) in [4.78, 5) is 11.0. The van der Waals surface area contributed by atoms with Crippen molar-refractivity contribution < 1.29 is 9.53 Å². The van der Waals surface area contributed by atoms with E-state index in [1.165, 1.54) is 5.56 Å². The summed E-state index contributed by atoms with van der Waals surface area (Å²) in [6, 6.07) is 5.64. The van der Waals surface area contributed by atoms with Crippen molar-refractivity contribution in [2.45, 2.75) is 26.7 Å². The molecule has 0 atom stereocenters. The first-order valence-corrected chi connectivity index (χ1v) is 5.45. The summed E-state index contributed by atoms with van der Waals surface area (Å²) in [6.45, 7) is 6.27. The van der Waals surface area contributed by atoms with Gasteiger partial charge in [0.15, 0.2) is 0 Å². The third-order valence-electron chi connectivity index (χ3n) is 2.20. The summed E-state index contributed by atoms with van der Waals surface area (Å²) in [6.07, 6.45) is 0. The van der Waals surface area contributed by atoms with Gasteiger partial charge in [0.2, 0.25) is 0 Å². The van der Waals surface area contributed by atoms with Gasteiger partial charge in [-0.25, -0.2) is 0 Å². The van der Waals surface area contributed by atoms with E-state index in [-0.39, 0.29) is 5.88 Å². The molecule has 2 nitrogen and oxygen atoms in total. The molecule has 0 amide bonds. The second kappa shape index (κ2) is 5.17. The number of alkyl halides is 1. The number of hydrogen-bond acceptors (Lipinski definition) is 2. The van der Waals surface area contributed by atoms with Gasteiger partial charge < -0.3 is 4.74 Å². The summed E-state index contributed by atoms with van der Waals surface area (Å²) in [5, 5.41) is 0. The van der Waals surface area contributed by atoms with Gasteiger partial charge >= 0.3 is 5.97 Å². The number of carbonyl (C=O) groups is 1. The second-order valence-corrected chi connectivity index (χ2v) is 4.05. The minimum atomic E-state index is -0.423. The highest BCUT2D eigenvalue weighted by Crippen LogP contribution is 2.23. The summed E-state index contributed by atoms with van der Waals surface area (Å²) in [5.41, 5.74) is 2.39. The van der Waals surface area contributed by atoms with Gasteiger partial charge in [0.25, 0.3) is 0 Å². The molecule has 0 radical (unpaired) electrons. The molecule has 0 aliphatic rings. The standard InChI is InChI=1S/C12H15ClO2/c1-8(2)11-5-4-10(6-9(11)3)15-12(14)7-13/h4-6,8H,7H2,1-3H3. The van der Waals surface area contributed by atoms with E-state index in [9.17, 15) is 4.79 Å². The highest BCUT2D eigenvalue weighted by molar-refractivity contribution is 6.26. The first-order chi connectivity index (χ1) is 7.04. The van der Waals surface area contributed by atoms with Gasteiger partial charge in [0, 0.05) is 0 Å². The molecule has 0 N–H and O–H groups in total. The average molecular weight is 227 g/mol. The van der Waals surface area contributed by atoms with Crippen molar-refractivity contribution in [2.75, 3.05) is 5.88 Å². The Hall–Kier alpha value is -1.02. The van der Waals surface area contributed by atoms with Crippen molar-refractivity contribution in [3.8, 4) is 5.75 Å². The molecular formula is C12H15ClO2. The first-order valence-electron chi connectivity index (χ1n) is 4.91. The highest BCUT2D eigenvalue weighted by atomic mass is 35.5. The van der Waals surface area contributed by atoms with Gasteiger partial charge in [0.05, 0.1) is 0 Å². The molecule has 0 unspecified atom stereocenters. The van der Waals surface area contributed by atoms with Crippen LogP contribution in [0.15, 0.2) is 18.2 Å². The van der Waals surface area contributed by atoms with E-state index in [0.717, 1.165) is 5.56 Å². The zero-order chi connectivity index (χ0) is 11.4. The highest BCUT2D eigenvalue weighted by Gasteiger charge is 2.07. The summed E-state index contributed by atoms with van der Waals surface area (Å²) in [7, 11) is 0. The van der Waals surface area contributed by atoms with E-state index < -0.39 is 5.97 Å². The van der Waals surface area contributed by atoms with Crippen LogP contribution in [0.25, 0.3) is 0 Å². The lowest BCUT2D eigenvalue weighted by Crippen LogP contribution is -2.09. The molecule has 0 aliphatic heterocycles. The third kappa shape index (κ3) is 3.24. The SMILES string of the molecule is Cc1cc(OC(=O)CCl)ccc1C(C)C. The molecule has 0 bridgehead atoms. The monoisotopic (exact) mass is 226 g/mol. The van der Waals surface area contributed by atoms with Gasteiger partial charge in [0.1, 0.15) is 11.6 Å². The van der Waals surface area contributed by atoms with Crippen molar-refractivity contribution in [1.29, 1.82) is 0 Å². The molecular weight excluding hydrogens is 212 g/mol. The summed E-state index contributed by atoms with van der Waals surface area (Å²) >= 11 is 5.35. The van der Waals surface area contributed by atoms with E-state index >= 15 is 0 Å². The Kier molecular flexibility index (Phi) is 4.15. The fourth-order valence-electron chi connectivity index (χ4n) is 1.52. The quantitative estimate of drug-likeness (QED) is 0.449. The Bertz CT molecular complexity index is 359. The fraction of sp³-hybridized carbons (Fsp3) is 0.417. The van der Waals surface area contributed by atoms with Crippen molar-refractivity contribution in [1.82, 2.24) is 0 Å². The van der Waals surface area contributed by atoms with Gasteiger partial charge in [-0.15, -0.1) is 11.6 Å². The first kappa shape index (κ1) is 12.1. The smallest absolute Gasteiger partial charge is 0.326 e. The Morgan fingerprint density at radius 3 is 2.60 bits per heavy atom. The minimum absolute atomic E-state index is 0.120. The number of carbonyl (C=O) groups excluding carboxylic acids is 1. The predicted molar refractivity (Wildman–Crippen MR) is 61.6 cm³/mol. The zero-order valence-corrected chi connectivity index (χ0v) is 9.97. The van der Waals surface area contributed by atoms with Crippen LogP contribution in [-0.4, -0.2) is 11.8 Å². The number of benzene rings is 1. The summed E-state index contributed by atoms with van der Waals surface area (Å²) < 4.78 is 5.01. The molecule has 1 aromatic carbocycles. The molecule has 1 rings (SSSR count). The van der Waals surface area contributed by atoms with E-state index in [2.05, 4.69) is 13.8 Å². The molecule has 0 fully saturated rings. The molecule has 3 heteroatoms. The normalized spacial score (nSPS) is 10.5. The average Bonchev–Trinajstić information content (AvgIpc) is 2.17. The lowest BCUT2D eigenvalue weighted by atomic mass is 9.98. The molecule has 0 aliphatic carbocycles. The van der Waals surface area contributed by atoms with Crippen molar-refractivity contribution in [3.05, 3.63) is 29.3 Å². The number of hydrogen-bond donors (Lipinski definition) is 0. The number of rotatable bonds is 3. The maximum Gasteiger partial charge on any atom is 0.326 e. The van der Waals surface area contributed by atoms with Crippen molar-refractivity contribution in [2.24, 2.45) is 0 Å². The van der Waals surface area contributed by atoms with Crippen LogP contribution in [0.1, 0.15) is 30.9 Å². The molecule has 15 heavy (non-hydrogen) atoms. The van der Waals surface area contributed by atoms with Crippen LogP contribution < -0.4 is 4.74 Å². The molecule has 82 valence electrons. The Morgan fingerprint density at radius 1 is 1.47 bits per heavy atom. The molecule has 0 saturated carbocycles. The number of ether oxygens (including phenoxy) is 1. The number of halogens is 1. The van der Waals surface area contributed by atoms with Crippen molar-refractivity contribution >= 4 is 17.6 Å². The molecule has 0 heterocycles. The second-order valence-electron chi connectivity index (χ2n) is 3.78. The maximum absolute atomic E-state index is 11.0. The van der Waals surface area contributed by atoms with Gasteiger partial charge in [-0.1, -0.05) is 19.9 Å². The molecule has 1 aromatic rings. The Labute approximate surface area is 95.2 Å². The number of esters is 1. The summed E-state index contributed by atoms with van der Waals surface area (Å²) in [5.74, 6) is 0.490. The van der Waals surface area contributed by atoms with Crippen LogP contribution in [0.2, 0.25) is 0 Å². The molecule has 0 spiro atoms. The lowest BCUT2D eigenvalue weighted by Gasteiger charge is -2.11. The van der Waals surface area contributed by atoms with E-state index in [1.807, 2.05) is 19.1 Å². The Balaban J connectivity index is 2.87. The van der Waals surface area contributed by atoms with Crippen molar-refractivity contribution in [3.63, 3.8) is 0 Å². The van der Waals surface area contributed by atoms with E-state index in [1.54, 1.807) is 6.07 Å². The third-order valence-corrected chi connectivity index (χ3v) is 2.42. The van der Waals surface area contributed by atoms with E-state index in [4.69, 9.17) is 16.3 Å². The van der Waals surface area contributed by atoms with Crippen LogP contribution in [0.3, 0.4) is 0 Å². The van der Waals surface area contributed by atoms with Crippen LogP contribution in [0.4, 0.5) is 0 Å². The predicted octanol–water partition coefficient (Wildman–Crippen LogP) is 3.26. The zero-order valence-electron chi connectivity index (χ0n) is 9.21. The maximum atomic E-state index is 11.0.